The van der Waals surface area contributed by atoms with E-state index in [4.69, 9.17) is 0 Å². The average molecular weight is 378 g/mol. The quantitative estimate of drug-likeness (QED) is 0.732. The maximum Gasteiger partial charge on any atom is 0.416 e. The number of halogens is 4. The molecule has 0 amide bonds. The maximum atomic E-state index is 12.6. The zero-order valence-corrected chi connectivity index (χ0v) is 13.8. The van der Waals surface area contributed by atoms with E-state index in [9.17, 15) is 13.2 Å². The molecule has 2 aromatic rings. The Labute approximate surface area is 134 Å². The molecular formula is C15H15BrF3NS. The van der Waals surface area contributed by atoms with E-state index >= 15 is 0 Å². The molecule has 0 bridgehead atoms. The molecule has 1 heterocycles. The van der Waals surface area contributed by atoms with Crippen molar-refractivity contribution in [1.82, 2.24) is 5.32 Å². The number of nitrogens with one attached hydrogen (secondary N) is 1. The van der Waals surface area contributed by atoms with Gasteiger partial charge in [0.25, 0.3) is 0 Å². The number of thiophene rings is 1. The van der Waals surface area contributed by atoms with Crippen LogP contribution in [0.5, 0.6) is 0 Å². The van der Waals surface area contributed by atoms with Crippen molar-refractivity contribution in [2.75, 3.05) is 6.54 Å². The fourth-order valence-corrected chi connectivity index (χ4v) is 3.65. The van der Waals surface area contributed by atoms with Gasteiger partial charge < -0.3 is 5.32 Å². The zero-order chi connectivity index (χ0) is 15.5. The molecule has 2 rings (SSSR count). The first-order valence-corrected chi connectivity index (χ1v) is 8.16. The van der Waals surface area contributed by atoms with Gasteiger partial charge in [-0.25, -0.2) is 0 Å². The van der Waals surface area contributed by atoms with E-state index in [1.807, 2.05) is 19.1 Å². The fraction of sp³-hybridized carbons (Fsp3) is 0.333. The molecule has 1 aromatic carbocycles. The van der Waals surface area contributed by atoms with Gasteiger partial charge in [0.15, 0.2) is 0 Å². The molecule has 1 atom stereocenters. The third kappa shape index (κ3) is 4.56. The summed E-state index contributed by atoms with van der Waals surface area (Å²) in [4.78, 5) is 1.19. The van der Waals surface area contributed by atoms with Crippen LogP contribution in [-0.2, 0) is 12.6 Å². The van der Waals surface area contributed by atoms with E-state index in [1.54, 1.807) is 23.5 Å². The molecule has 1 aromatic heterocycles. The van der Waals surface area contributed by atoms with Gasteiger partial charge in [0.2, 0.25) is 0 Å². The highest BCUT2D eigenvalue weighted by molar-refractivity contribution is 9.11. The smallest absolute Gasteiger partial charge is 0.310 e. The van der Waals surface area contributed by atoms with E-state index in [-0.39, 0.29) is 6.04 Å². The van der Waals surface area contributed by atoms with E-state index < -0.39 is 11.7 Å². The van der Waals surface area contributed by atoms with Crippen LogP contribution in [0, 0.1) is 0 Å². The zero-order valence-electron chi connectivity index (χ0n) is 11.4. The van der Waals surface area contributed by atoms with Gasteiger partial charge in [-0.3, -0.25) is 0 Å². The number of likely N-dealkylation sites (N-methyl/N-ethyl adjacent to an activating group) is 1. The van der Waals surface area contributed by atoms with Crippen molar-refractivity contribution in [3.05, 3.63) is 56.2 Å². The summed E-state index contributed by atoms with van der Waals surface area (Å²) in [5.41, 5.74) is 0.259. The van der Waals surface area contributed by atoms with E-state index in [2.05, 4.69) is 21.2 Å². The first-order valence-electron chi connectivity index (χ1n) is 6.55. The van der Waals surface area contributed by atoms with Crippen LogP contribution in [0.3, 0.4) is 0 Å². The summed E-state index contributed by atoms with van der Waals surface area (Å²) in [5, 5.41) is 3.32. The summed E-state index contributed by atoms with van der Waals surface area (Å²) >= 11 is 5.06. The molecular weight excluding hydrogens is 363 g/mol. The van der Waals surface area contributed by atoms with Gasteiger partial charge in [0.05, 0.1) is 9.35 Å². The minimum atomic E-state index is -4.29. The number of hydrogen-bond donors (Lipinski definition) is 1. The number of rotatable bonds is 5. The van der Waals surface area contributed by atoms with E-state index in [0.29, 0.717) is 0 Å². The molecule has 6 heteroatoms. The molecule has 0 aliphatic carbocycles. The molecule has 1 unspecified atom stereocenters. The number of hydrogen-bond acceptors (Lipinski definition) is 2. The monoisotopic (exact) mass is 377 g/mol. The molecule has 0 aliphatic heterocycles. The van der Waals surface area contributed by atoms with Gasteiger partial charge in [-0.05, 0) is 52.3 Å². The van der Waals surface area contributed by atoms with Gasteiger partial charge in [0.1, 0.15) is 0 Å². The summed E-state index contributed by atoms with van der Waals surface area (Å²) in [5.74, 6) is 0. The third-order valence-electron chi connectivity index (χ3n) is 3.13. The lowest BCUT2D eigenvalue weighted by molar-refractivity contribution is -0.137. The van der Waals surface area contributed by atoms with Crippen molar-refractivity contribution in [2.24, 2.45) is 0 Å². The van der Waals surface area contributed by atoms with Gasteiger partial charge in [-0.1, -0.05) is 19.1 Å². The Kier molecular flexibility index (Phi) is 5.46. The Morgan fingerprint density at radius 3 is 2.29 bits per heavy atom. The van der Waals surface area contributed by atoms with Gasteiger partial charge in [-0.2, -0.15) is 13.2 Å². The first-order chi connectivity index (χ1) is 9.90. The van der Waals surface area contributed by atoms with Crippen LogP contribution in [0.4, 0.5) is 13.2 Å². The summed E-state index contributed by atoms with van der Waals surface area (Å²) in [6.45, 7) is 2.75. The minimum absolute atomic E-state index is 0.0165. The maximum absolute atomic E-state index is 12.6. The largest absolute Gasteiger partial charge is 0.416 e. The molecule has 0 radical (unpaired) electrons. The third-order valence-corrected chi connectivity index (χ3v) is 4.77. The molecule has 21 heavy (non-hydrogen) atoms. The van der Waals surface area contributed by atoms with Crippen molar-refractivity contribution in [1.29, 1.82) is 0 Å². The Morgan fingerprint density at radius 2 is 1.81 bits per heavy atom. The Bertz CT molecular complexity index is 577. The standard InChI is InChI=1S/C15H15BrF3NS/c1-2-20-13(9-12-7-8-14(16)21-12)10-3-5-11(6-4-10)15(17,18)19/h3-8,13,20H,2,9H2,1H3. The lowest BCUT2D eigenvalue weighted by atomic mass is 10.0. The van der Waals surface area contributed by atoms with Crippen molar-refractivity contribution in [3.63, 3.8) is 0 Å². The van der Waals surface area contributed by atoms with Crippen molar-refractivity contribution < 1.29 is 13.2 Å². The number of alkyl halides is 3. The van der Waals surface area contributed by atoms with Gasteiger partial charge >= 0.3 is 6.18 Å². The van der Waals surface area contributed by atoms with Crippen LogP contribution in [0.25, 0.3) is 0 Å². The normalized spacial score (nSPS) is 13.4. The summed E-state index contributed by atoms with van der Waals surface area (Å²) in [7, 11) is 0. The highest BCUT2D eigenvalue weighted by Crippen LogP contribution is 2.31. The molecule has 1 N–H and O–H groups in total. The Hall–Kier alpha value is -0.850. The first kappa shape index (κ1) is 16.5. The highest BCUT2D eigenvalue weighted by Gasteiger charge is 2.30. The van der Waals surface area contributed by atoms with Crippen LogP contribution in [0.2, 0.25) is 0 Å². The average Bonchev–Trinajstić information content (AvgIpc) is 2.83. The van der Waals surface area contributed by atoms with Crippen LogP contribution in [-0.4, -0.2) is 6.54 Å². The predicted octanol–water partition coefficient (Wildman–Crippen LogP) is 5.42. The van der Waals surface area contributed by atoms with E-state index in [1.165, 1.54) is 4.88 Å². The van der Waals surface area contributed by atoms with Crippen LogP contribution >= 0.6 is 27.3 Å². The van der Waals surface area contributed by atoms with Crippen molar-refractivity contribution >= 4 is 27.3 Å². The topological polar surface area (TPSA) is 12.0 Å². The molecule has 0 saturated carbocycles. The second-order valence-electron chi connectivity index (χ2n) is 4.64. The summed E-state index contributed by atoms with van der Waals surface area (Å²) < 4.78 is 38.9. The minimum Gasteiger partial charge on any atom is -0.310 e. The Morgan fingerprint density at radius 1 is 1.14 bits per heavy atom. The summed E-state index contributed by atoms with van der Waals surface area (Å²) in [6, 6.07) is 9.42. The van der Waals surface area contributed by atoms with Crippen molar-refractivity contribution in [3.8, 4) is 0 Å². The molecule has 1 nitrogen and oxygen atoms in total. The van der Waals surface area contributed by atoms with Crippen LogP contribution < -0.4 is 5.32 Å². The second-order valence-corrected chi connectivity index (χ2v) is 7.19. The lowest BCUT2D eigenvalue weighted by Crippen LogP contribution is -2.22. The predicted molar refractivity (Wildman–Crippen MR) is 83.6 cm³/mol. The lowest BCUT2D eigenvalue weighted by Gasteiger charge is -2.18. The molecule has 114 valence electrons. The second kappa shape index (κ2) is 6.94. The molecule has 0 fully saturated rings. The van der Waals surface area contributed by atoms with Crippen LogP contribution in [0.15, 0.2) is 40.2 Å². The fourth-order valence-electron chi connectivity index (χ4n) is 2.12. The molecule has 0 aliphatic rings. The SMILES string of the molecule is CCNC(Cc1ccc(Br)s1)c1ccc(C(F)(F)F)cc1. The van der Waals surface area contributed by atoms with Crippen LogP contribution in [0.1, 0.15) is 29.0 Å². The Balaban J connectivity index is 2.17. The molecule has 0 saturated heterocycles. The summed E-state index contributed by atoms with van der Waals surface area (Å²) in [6.07, 6.45) is -3.53. The van der Waals surface area contributed by atoms with Gasteiger partial charge in [0, 0.05) is 17.3 Å². The van der Waals surface area contributed by atoms with Crippen molar-refractivity contribution in [2.45, 2.75) is 25.6 Å². The van der Waals surface area contributed by atoms with Gasteiger partial charge in [-0.15, -0.1) is 11.3 Å². The number of benzene rings is 1. The highest BCUT2D eigenvalue weighted by atomic mass is 79.9. The molecule has 0 spiro atoms. The van der Waals surface area contributed by atoms with E-state index in [0.717, 1.165) is 34.4 Å².